The van der Waals surface area contributed by atoms with Gasteiger partial charge in [0.1, 0.15) is 11.6 Å². The number of amides is 1. The number of halogens is 1. The molecule has 1 saturated heterocycles. The zero-order chi connectivity index (χ0) is 22.0. The number of fused-ring (bicyclic) bond motifs is 1. The fourth-order valence-corrected chi connectivity index (χ4v) is 4.92. The molecule has 0 atom stereocenters. The van der Waals surface area contributed by atoms with E-state index in [1.807, 2.05) is 17.0 Å². The Morgan fingerprint density at radius 2 is 1.97 bits per heavy atom. The highest BCUT2D eigenvalue weighted by Gasteiger charge is 2.25. The molecule has 0 aliphatic carbocycles. The highest BCUT2D eigenvalue weighted by atomic mass is 32.2. The van der Waals surface area contributed by atoms with Crippen LogP contribution < -0.4 is 4.74 Å². The molecule has 0 unspecified atom stereocenters. The molecule has 31 heavy (non-hydrogen) atoms. The Bertz CT molecular complexity index is 1120. The molecule has 7 heteroatoms. The third-order valence-electron chi connectivity index (χ3n) is 5.90. The summed E-state index contributed by atoms with van der Waals surface area (Å²) in [7, 11) is 1.67. The van der Waals surface area contributed by atoms with Crippen LogP contribution in [0.4, 0.5) is 4.39 Å². The average molecular weight is 441 g/mol. The van der Waals surface area contributed by atoms with Crippen LogP contribution in [0.5, 0.6) is 5.75 Å². The fraction of sp³-hybridized carbons (Fsp3) is 0.333. The number of H-pyrrole nitrogens is 1. The van der Waals surface area contributed by atoms with Gasteiger partial charge in [0, 0.05) is 40.6 Å². The number of hydrogen-bond acceptors (Lipinski definition) is 4. The van der Waals surface area contributed by atoms with Crippen LogP contribution in [0.25, 0.3) is 10.9 Å². The molecule has 1 amide bonds. The number of Topliss-reactive ketones (excluding diaryl/α,β-unsaturated/α-hetero) is 1. The fourth-order valence-electron chi connectivity index (χ4n) is 4.09. The first kappa shape index (κ1) is 21.4. The number of ketones is 1. The molecule has 1 aliphatic heterocycles. The summed E-state index contributed by atoms with van der Waals surface area (Å²) in [4.78, 5) is 29.6. The van der Waals surface area contributed by atoms with Crippen LogP contribution in [0, 0.1) is 5.82 Å². The Labute approximate surface area is 185 Å². The van der Waals surface area contributed by atoms with E-state index in [1.54, 1.807) is 19.2 Å². The molecule has 0 spiro atoms. The van der Waals surface area contributed by atoms with E-state index >= 15 is 0 Å². The van der Waals surface area contributed by atoms with Crippen molar-refractivity contribution in [3.63, 3.8) is 0 Å². The van der Waals surface area contributed by atoms with Gasteiger partial charge in [-0.25, -0.2) is 4.39 Å². The lowest BCUT2D eigenvalue weighted by Crippen LogP contribution is -2.38. The van der Waals surface area contributed by atoms with Gasteiger partial charge >= 0.3 is 0 Å². The van der Waals surface area contributed by atoms with Crippen LogP contribution in [0.3, 0.4) is 0 Å². The number of ether oxygens (including phenoxy) is 1. The van der Waals surface area contributed by atoms with E-state index in [2.05, 4.69) is 17.2 Å². The van der Waals surface area contributed by atoms with Gasteiger partial charge in [-0.2, -0.15) is 0 Å². The predicted molar refractivity (Wildman–Crippen MR) is 121 cm³/mol. The monoisotopic (exact) mass is 440 g/mol. The second-order valence-corrected chi connectivity index (χ2v) is 8.82. The number of piperidine rings is 1. The molecule has 0 radical (unpaired) electrons. The Morgan fingerprint density at radius 3 is 2.65 bits per heavy atom. The van der Waals surface area contributed by atoms with Crippen molar-refractivity contribution in [3.8, 4) is 5.75 Å². The summed E-state index contributed by atoms with van der Waals surface area (Å²) in [6.45, 7) is 2.78. The van der Waals surface area contributed by atoms with Crippen molar-refractivity contribution >= 4 is 34.4 Å². The van der Waals surface area contributed by atoms with Gasteiger partial charge in [0.15, 0.2) is 5.78 Å². The first-order valence-corrected chi connectivity index (χ1v) is 11.3. The third-order valence-corrected chi connectivity index (χ3v) is 6.93. The van der Waals surface area contributed by atoms with Gasteiger partial charge in [-0.1, -0.05) is 6.07 Å². The van der Waals surface area contributed by atoms with E-state index in [9.17, 15) is 14.0 Å². The first-order valence-electron chi connectivity index (χ1n) is 10.3. The summed E-state index contributed by atoms with van der Waals surface area (Å²) < 4.78 is 19.5. The standard InChI is InChI=1S/C24H25FN2O3S/c1-15(28)17-3-6-23(21(25)11-17)31-14-24(29)27-9-7-16(8-10-27)20-13-26-22-5-4-18(30-2)12-19(20)22/h3-6,11-13,16,26H,7-10,14H2,1-2H3. The maximum atomic E-state index is 14.2. The molecule has 1 aromatic heterocycles. The van der Waals surface area contributed by atoms with Gasteiger partial charge in [-0.3, -0.25) is 9.59 Å². The van der Waals surface area contributed by atoms with Crippen LogP contribution in [0.2, 0.25) is 0 Å². The number of carbonyl (C=O) groups excluding carboxylic acids is 2. The summed E-state index contributed by atoms with van der Waals surface area (Å²) in [5.74, 6) is 0.780. The number of rotatable bonds is 6. The van der Waals surface area contributed by atoms with Gasteiger partial charge in [0.2, 0.25) is 5.91 Å². The highest BCUT2D eigenvalue weighted by molar-refractivity contribution is 8.00. The quantitative estimate of drug-likeness (QED) is 0.432. The number of aromatic nitrogens is 1. The van der Waals surface area contributed by atoms with Gasteiger partial charge in [-0.15, -0.1) is 11.8 Å². The average Bonchev–Trinajstić information content (AvgIpc) is 3.21. The van der Waals surface area contributed by atoms with Crippen LogP contribution >= 0.6 is 11.8 Å². The van der Waals surface area contributed by atoms with Crippen molar-refractivity contribution in [3.05, 3.63) is 59.5 Å². The molecule has 0 saturated carbocycles. The molecule has 1 aliphatic rings. The van der Waals surface area contributed by atoms with E-state index in [0.29, 0.717) is 29.5 Å². The van der Waals surface area contributed by atoms with Crippen LogP contribution in [0.1, 0.15) is 41.6 Å². The Kier molecular flexibility index (Phi) is 6.32. The van der Waals surface area contributed by atoms with E-state index in [1.165, 1.54) is 35.7 Å². The summed E-state index contributed by atoms with van der Waals surface area (Å²) in [6, 6.07) is 10.4. The Balaban J connectivity index is 1.35. The topological polar surface area (TPSA) is 62.4 Å². The van der Waals surface area contributed by atoms with Crippen molar-refractivity contribution in [2.24, 2.45) is 0 Å². The largest absolute Gasteiger partial charge is 0.497 e. The normalized spacial score (nSPS) is 14.7. The number of nitrogens with one attached hydrogen (secondary N) is 1. The number of nitrogens with zero attached hydrogens (tertiary/aromatic N) is 1. The number of hydrogen-bond donors (Lipinski definition) is 1. The minimum absolute atomic E-state index is 0.0130. The van der Waals surface area contributed by atoms with Crippen molar-refractivity contribution < 1.29 is 18.7 Å². The van der Waals surface area contributed by atoms with Crippen molar-refractivity contribution in [2.45, 2.75) is 30.6 Å². The van der Waals surface area contributed by atoms with Crippen molar-refractivity contribution in [1.29, 1.82) is 0 Å². The second kappa shape index (κ2) is 9.14. The molecule has 2 aromatic carbocycles. The van der Waals surface area contributed by atoms with E-state index in [4.69, 9.17) is 4.74 Å². The number of aromatic amines is 1. The molecule has 0 bridgehead atoms. The number of methoxy groups -OCH3 is 1. The van der Waals surface area contributed by atoms with E-state index < -0.39 is 5.82 Å². The Morgan fingerprint density at radius 1 is 1.19 bits per heavy atom. The predicted octanol–water partition coefficient (Wildman–Crippen LogP) is 5.02. The number of thioether (sulfide) groups is 1. The molecular weight excluding hydrogens is 415 g/mol. The zero-order valence-electron chi connectivity index (χ0n) is 17.6. The summed E-state index contributed by atoms with van der Waals surface area (Å²) in [5, 5.41) is 1.17. The lowest BCUT2D eigenvalue weighted by atomic mass is 9.89. The Hall–Kier alpha value is -2.80. The molecule has 2 heterocycles. The van der Waals surface area contributed by atoms with Gasteiger partial charge in [0.25, 0.3) is 0 Å². The summed E-state index contributed by atoms with van der Waals surface area (Å²) >= 11 is 1.18. The molecule has 1 fully saturated rings. The number of carbonyl (C=O) groups is 2. The third kappa shape index (κ3) is 4.61. The van der Waals surface area contributed by atoms with Crippen molar-refractivity contribution in [1.82, 2.24) is 9.88 Å². The molecule has 3 aromatic rings. The number of likely N-dealkylation sites (tertiary alicyclic amines) is 1. The minimum Gasteiger partial charge on any atom is -0.497 e. The molecule has 4 rings (SSSR count). The SMILES string of the molecule is COc1ccc2[nH]cc(C3CCN(C(=O)CSc4ccc(C(C)=O)cc4F)CC3)c2c1. The molecule has 5 nitrogen and oxygen atoms in total. The first-order chi connectivity index (χ1) is 15.0. The minimum atomic E-state index is -0.459. The lowest BCUT2D eigenvalue weighted by molar-refractivity contribution is -0.129. The smallest absolute Gasteiger partial charge is 0.232 e. The van der Waals surface area contributed by atoms with Crippen LogP contribution in [0.15, 0.2) is 47.5 Å². The van der Waals surface area contributed by atoms with E-state index in [-0.39, 0.29) is 17.4 Å². The van der Waals surface area contributed by atoms with Gasteiger partial charge in [-0.05, 0) is 61.6 Å². The molecular formula is C24H25FN2O3S. The summed E-state index contributed by atoms with van der Waals surface area (Å²) in [5.41, 5.74) is 2.69. The molecule has 1 N–H and O–H groups in total. The molecule has 162 valence electrons. The van der Waals surface area contributed by atoms with Crippen molar-refractivity contribution in [2.75, 3.05) is 26.0 Å². The zero-order valence-corrected chi connectivity index (χ0v) is 18.4. The summed E-state index contributed by atoms with van der Waals surface area (Å²) in [6.07, 6.45) is 3.85. The maximum absolute atomic E-state index is 14.2. The second-order valence-electron chi connectivity index (χ2n) is 7.80. The maximum Gasteiger partial charge on any atom is 0.232 e. The number of benzene rings is 2. The van der Waals surface area contributed by atoms with Crippen LogP contribution in [-0.2, 0) is 4.79 Å². The lowest BCUT2D eigenvalue weighted by Gasteiger charge is -2.32. The van der Waals surface area contributed by atoms with Gasteiger partial charge < -0.3 is 14.6 Å². The van der Waals surface area contributed by atoms with Gasteiger partial charge in [0.05, 0.1) is 12.9 Å². The van der Waals surface area contributed by atoms with E-state index in [0.717, 1.165) is 24.1 Å². The highest BCUT2D eigenvalue weighted by Crippen LogP contribution is 2.35. The van der Waals surface area contributed by atoms with Crippen LogP contribution in [-0.4, -0.2) is 47.5 Å².